The number of rotatable bonds is 2. The van der Waals surface area contributed by atoms with Crippen LogP contribution in [0.3, 0.4) is 0 Å². The van der Waals surface area contributed by atoms with Gasteiger partial charge < -0.3 is 0 Å². The van der Waals surface area contributed by atoms with Gasteiger partial charge in [-0.1, -0.05) is 67.1 Å². The number of hydrogen-bond donors (Lipinski definition) is 0. The molecule has 3 heteroatoms. The Kier molecular flexibility index (Phi) is 8.21. The fourth-order valence-corrected chi connectivity index (χ4v) is 2.75. The normalized spacial score (nSPS) is 19.6. The summed E-state index contributed by atoms with van der Waals surface area (Å²) >= 11 is 0. The predicted octanol–water partition coefficient (Wildman–Crippen LogP) is 5.16. The SMILES string of the molecule is CC(C1=CC=CC1)C1C=Cc2ccccc21.Cl.Cl.[Zr]. The van der Waals surface area contributed by atoms with Gasteiger partial charge in [0.2, 0.25) is 0 Å². The Morgan fingerprint density at radius 2 is 1.89 bits per heavy atom. The molecule has 2 aliphatic rings. The summed E-state index contributed by atoms with van der Waals surface area (Å²) in [4.78, 5) is 0. The van der Waals surface area contributed by atoms with E-state index in [1.54, 1.807) is 5.57 Å². The molecular formula is C16H18Cl2Zr. The molecule has 3 rings (SSSR count). The molecule has 0 nitrogen and oxygen atoms in total. The number of halogens is 2. The van der Waals surface area contributed by atoms with E-state index in [4.69, 9.17) is 0 Å². The molecule has 2 atom stereocenters. The Balaban J connectivity index is 0.00000108. The molecule has 0 aromatic heterocycles. The quantitative estimate of drug-likeness (QED) is 0.673. The number of hydrogen-bond acceptors (Lipinski definition) is 0. The van der Waals surface area contributed by atoms with E-state index < -0.39 is 0 Å². The minimum Gasteiger partial charge on any atom is -0.147 e. The minimum atomic E-state index is 0. The second-order valence-corrected chi connectivity index (χ2v) is 4.68. The molecule has 100 valence electrons. The molecule has 0 heterocycles. The van der Waals surface area contributed by atoms with Crippen LogP contribution in [0, 0.1) is 5.92 Å². The summed E-state index contributed by atoms with van der Waals surface area (Å²) in [7, 11) is 0. The number of allylic oxidation sites excluding steroid dienone is 5. The van der Waals surface area contributed by atoms with E-state index in [0.29, 0.717) is 11.8 Å². The monoisotopic (exact) mass is 370 g/mol. The van der Waals surface area contributed by atoms with Crippen LogP contribution in [0.15, 0.2) is 54.1 Å². The average molecular weight is 372 g/mol. The van der Waals surface area contributed by atoms with Crippen molar-refractivity contribution in [2.24, 2.45) is 5.92 Å². The van der Waals surface area contributed by atoms with E-state index in [9.17, 15) is 0 Å². The second kappa shape index (κ2) is 8.25. The van der Waals surface area contributed by atoms with Crippen molar-refractivity contribution in [3.8, 4) is 0 Å². The molecular weight excluding hydrogens is 354 g/mol. The maximum absolute atomic E-state index is 2.36. The van der Waals surface area contributed by atoms with Gasteiger partial charge in [0.15, 0.2) is 0 Å². The van der Waals surface area contributed by atoms with Crippen LogP contribution in [0.25, 0.3) is 6.08 Å². The molecule has 1 aromatic carbocycles. The summed E-state index contributed by atoms with van der Waals surface area (Å²) in [5.41, 5.74) is 4.44. The summed E-state index contributed by atoms with van der Waals surface area (Å²) < 4.78 is 0. The zero-order valence-corrected chi connectivity index (χ0v) is 15.0. The van der Waals surface area contributed by atoms with Crippen molar-refractivity contribution < 1.29 is 26.2 Å². The Labute approximate surface area is 147 Å². The van der Waals surface area contributed by atoms with Crippen LogP contribution >= 0.6 is 24.8 Å². The van der Waals surface area contributed by atoms with Gasteiger partial charge in [0.1, 0.15) is 0 Å². The molecule has 0 amide bonds. The summed E-state index contributed by atoms with van der Waals surface area (Å²) in [6.45, 7) is 2.34. The van der Waals surface area contributed by atoms with Gasteiger partial charge in [-0.3, -0.25) is 0 Å². The fourth-order valence-electron chi connectivity index (χ4n) is 2.75. The predicted molar refractivity (Wildman–Crippen MR) is 83.7 cm³/mol. The molecule has 0 aliphatic heterocycles. The topological polar surface area (TPSA) is 0 Å². The van der Waals surface area contributed by atoms with Gasteiger partial charge in [-0.15, -0.1) is 24.8 Å². The first-order valence-electron chi connectivity index (χ1n) is 5.99. The maximum Gasteiger partial charge on any atom is 0.00903 e. The van der Waals surface area contributed by atoms with Gasteiger partial charge in [-0.2, -0.15) is 0 Å². The molecule has 2 unspecified atom stereocenters. The van der Waals surface area contributed by atoms with E-state index in [-0.39, 0.29) is 51.0 Å². The van der Waals surface area contributed by atoms with Crippen molar-refractivity contribution in [3.63, 3.8) is 0 Å². The van der Waals surface area contributed by atoms with Gasteiger partial charge >= 0.3 is 0 Å². The van der Waals surface area contributed by atoms with Crippen molar-refractivity contribution >= 4 is 30.9 Å². The first kappa shape index (κ1) is 18.9. The average Bonchev–Trinajstić information content (AvgIpc) is 2.98. The third kappa shape index (κ3) is 3.72. The smallest absolute Gasteiger partial charge is 0.00903 e. The Morgan fingerprint density at radius 3 is 2.58 bits per heavy atom. The van der Waals surface area contributed by atoms with Crippen molar-refractivity contribution in [1.82, 2.24) is 0 Å². The van der Waals surface area contributed by atoms with Crippen molar-refractivity contribution in [3.05, 3.63) is 65.3 Å². The summed E-state index contributed by atoms with van der Waals surface area (Å²) in [5, 5.41) is 0. The van der Waals surface area contributed by atoms with Crippen LogP contribution in [0.5, 0.6) is 0 Å². The molecule has 1 aromatic rings. The van der Waals surface area contributed by atoms with Crippen LogP contribution in [-0.2, 0) is 26.2 Å². The van der Waals surface area contributed by atoms with Crippen LogP contribution in [-0.4, -0.2) is 0 Å². The third-order valence-corrected chi connectivity index (χ3v) is 3.76. The van der Waals surface area contributed by atoms with Gasteiger partial charge in [0.25, 0.3) is 0 Å². The maximum atomic E-state index is 2.36. The summed E-state index contributed by atoms with van der Waals surface area (Å²) in [6, 6.07) is 8.73. The van der Waals surface area contributed by atoms with Gasteiger partial charge in [0.05, 0.1) is 0 Å². The molecule has 0 fully saturated rings. The van der Waals surface area contributed by atoms with Crippen molar-refractivity contribution in [2.75, 3.05) is 0 Å². The zero-order chi connectivity index (χ0) is 11.0. The number of benzene rings is 1. The van der Waals surface area contributed by atoms with Crippen LogP contribution in [0.2, 0.25) is 0 Å². The first-order chi connectivity index (χ1) is 7.86. The Bertz CT molecular complexity index is 503. The minimum absolute atomic E-state index is 0. The molecule has 19 heavy (non-hydrogen) atoms. The van der Waals surface area contributed by atoms with Crippen LogP contribution in [0.4, 0.5) is 0 Å². The molecule has 0 saturated heterocycles. The standard InChI is InChI=1S/C16H16.2ClH.Zr/c1-12(13-6-2-3-7-13)15-11-10-14-8-4-5-9-16(14)15;;;/h2-6,8-12,15H,7H2,1H3;2*1H;. The van der Waals surface area contributed by atoms with Crippen molar-refractivity contribution in [1.29, 1.82) is 0 Å². The van der Waals surface area contributed by atoms with Crippen LogP contribution < -0.4 is 0 Å². The van der Waals surface area contributed by atoms with Crippen molar-refractivity contribution in [2.45, 2.75) is 19.3 Å². The van der Waals surface area contributed by atoms with E-state index in [1.165, 1.54) is 11.1 Å². The van der Waals surface area contributed by atoms with E-state index in [0.717, 1.165) is 6.42 Å². The van der Waals surface area contributed by atoms with E-state index in [2.05, 4.69) is 61.6 Å². The second-order valence-electron chi connectivity index (χ2n) is 4.68. The Morgan fingerprint density at radius 1 is 1.16 bits per heavy atom. The molecule has 0 radical (unpaired) electrons. The number of fused-ring (bicyclic) bond motifs is 1. The van der Waals surface area contributed by atoms with Gasteiger partial charge in [-0.05, 0) is 23.5 Å². The van der Waals surface area contributed by atoms with Crippen LogP contribution in [0.1, 0.15) is 30.4 Å². The molecule has 0 bridgehead atoms. The molecule has 2 aliphatic carbocycles. The zero-order valence-electron chi connectivity index (χ0n) is 10.9. The van der Waals surface area contributed by atoms with Gasteiger partial charge in [0, 0.05) is 32.1 Å². The first-order valence-corrected chi connectivity index (χ1v) is 5.99. The Hall–Kier alpha value is -0.0969. The molecule has 0 N–H and O–H groups in total. The van der Waals surface area contributed by atoms with E-state index >= 15 is 0 Å². The summed E-state index contributed by atoms with van der Waals surface area (Å²) in [6.07, 6.45) is 12.5. The largest absolute Gasteiger partial charge is 0.147 e. The third-order valence-electron chi connectivity index (χ3n) is 3.76. The fraction of sp³-hybridized carbons (Fsp3) is 0.250. The van der Waals surface area contributed by atoms with Gasteiger partial charge in [-0.25, -0.2) is 0 Å². The molecule has 0 spiro atoms. The summed E-state index contributed by atoms with van der Waals surface area (Å²) in [5.74, 6) is 1.19. The molecule has 0 saturated carbocycles. The van der Waals surface area contributed by atoms with E-state index in [1.807, 2.05) is 0 Å².